The first kappa shape index (κ1) is 18.7. The maximum absolute atomic E-state index is 12.1. The van der Waals surface area contributed by atoms with Crippen molar-refractivity contribution < 1.29 is 19.0 Å². The van der Waals surface area contributed by atoms with Gasteiger partial charge in [0.1, 0.15) is 5.54 Å². The van der Waals surface area contributed by atoms with E-state index in [2.05, 4.69) is 33.9 Å². The summed E-state index contributed by atoms with van der Waals surface area (Å²) in [5.41, 5.74) is -0.823. The minimum Gasteiger partial charge on any atom is -0.468 e. The van der Waals surface area contributed by atoms with Crippen molar-refractivity contribution >= 4 is 21.3 Å². The molecule has 0 spiro atoms. The molecule has 21 heavy (non-hydrogen) atoms. The van der Waals surface area contributed by atoms with Crippen molar-refractivity contribution in [3.8, 4) is 0 Å². The number of esters is 1. The summed E-state index contributed by atoms with van der Waals surface area (Å²) in [6.07, 6.45) is 0.501. The molecule has 1 aliphatic rings. The molecule has 0 amide bonds. The second kappa shape index (κ2) is 6.03. The number of nitrogens with zero attached hydrogens (tertiary/aromatic N) is 1. The van der Waals surface area contributed by atoms with Crippen LogP contribution in [0.2, 0.25) is 25.0 Å². The van der Waals surface area contributed by atoms with E-state index in [9.17, 15) is 9.82 Å². The van der Waals surface area contributed by atoms with Crippen LogP contribution in [0.5, 0.6) is 0 Å². The normalized spacial score (nSPS) is 27.8. The molecule has 0 aromatic heterocycles. The van der Waals surface area contributed by atoms with Gasteiger partial charge >= 0.3 is 13.0 Å². The Morgan fingerprint density at radius 3 is 2.33 bits per heavy atom. The number of hydrogen-bond donors (Lipinski definition) is 1. The fourth-order valence-electron chi connectivity index (χ4n) is 2.70. The van der Waals surface area contributed by atoms with Crippen molar-refractivity contribution in [3.63, 3.8) is 0 Å². The highest BCUT2D eigenvalue weighted by Crippen LogP contribution is 2.41. The van der Waals surface area contributed by atoms with E-state index in [1.165, 1.54) is 7.11 Å². The lowest BCUT2D eigenvalue weighted by molar-refractivity contribution is -0.150. The summed E-state index contributed by atoms with van der Waals surface area (Å²) in [6, 6.07) is 0. The summed E-state index contributed by atoms with van der Waals surface area (Å²) < 4.78 is 11.3. The van der Waals surface area contributed by atoms with Crippen LogP contribution >= 0.6 is 0 Å². The second-order valence-electron chi connectivity index (χ2n) is 7.75. The maximum atomic E-state index is 12.1. The molecule has 2 atom stereocenters. The number of ether oxygens (including phenoxy) is 1. The van der Waals surface area contributed by atoms with Gasteiger partial charge in [0.05, 0.1) is 13.2 Å². The third-order valence-corrected chi connectivity index (χ3v) is 9.54. The predicted molar refractivity (Wildman–Crippen MR) is 87.7 cm³/mol. The van der Waals surface area contributed by atoms with Gasteiger partial charge in [-0.05, 0) is 31.9 Å². The van der Waals surface area contributed by atoms with E-state index < -0.39 is 20.9 Å². The molecule has 1 fully saturated rings. The lowest BCUT2D eigenvalue weighted by atomic mass is 9.80. The molecule has 0 radical (unpaired) electrons. The lowest BCUT2D eigenvalue weighted by Gasteiger charge is -2.38. The first-order valence-electron chi connectivity index (χ1n) is 7.56. The summed E-state index contributed by atoms with van der Waals surface area (Å²) in [5.74, 6) is -0.315. The Kier molecular flexibility index (Phi) is 5.36. The zero-order valence-corrected chi connectivity index (χ0v) is 15.7. The second-order valence-corrected chi connectivity index (χ2v) is 12.5. The number of carbonyl (C=O) groups is 1. The molecule has 7 heteroatoms. The topological polar surface area (TPSA) is 59.0 Å². The molecular formula is C14H30BNO4Si. The van der Waals surface area contributed by atoms with Gasteiger partial charge in [-0.1, -0.05) is 20.8 Å². The monoisotopic (exact) mass is 315 g/mol. The molecule has 122 valence electrons. The van der Waals surface area contributed by atoms with E-state index >= 15 is 0 Å². The predicted octanol–water partition coefficient (Wildman–Crippen LogP) is 2.12. The SMILES string of the molecule is COC(=O)C1(C)C[C@@H](O[Si](C)(C)C(C)(C)C)CN1B(C)O. The summed E-state index contributed by atoms with van der Waals surface area (Å²) in [4.78, 5) is 13.9. The van der Waals surface area contributed by atoms with Crippen molar-refractivity contribution in [2.75, 3.05) is 13.7 Å². The minimum atomic E-state index is -1.90. The summed E-state index contributed by atoms with van der Waals surface area (Å²) in [6.45, 7) is 15.0. The molecule has 5 nitrogen and oxygen atoms in total. The van der Waals surface area contributed by atoms with Crippen molar-refractivity contribution in [1.82, 2.24) is 4.81 Å². The Morgan fingerprint density at radius 2 is 1.95 bits per heavy atom. The van der Waals surface area contributed by atoms with Gasteiger partial charge in [-0.15, -0.1) is 0 Å². The van der Waals surface area contributed by atoms with Gasteiger partial charge in [-0.25, -0.2) is 0 Å². The molecule has 1 heterocycles. The molecule has 1 aliphatic heterocycles. The van der Waals surface area contributed by atoms with Crippen molar-refractivity contribution in [1.29, 1.82) is 0 Å². The Balaban J connectivity index is 2.94. The van der Waals surface area contributed by atoms with Crippen LogP contribution in [0, 0.1) is 0 Å². The fraction of sp³-hybridized carbons (Fsp3) is 0.929. The third kappa shape index (κ3) is 3.70. The molecule has 1 unspecified atom stereocenters. The quantitative estimate of drug-likeness (QED) is 0.636. The smallest absolute Gasteiger partial charge is 0.377 e. The van der Waals surface area contributed by atoms with E-state index in [1.54, 1.807) is 11.6 Å². The first-order chi connectivity index (χ1) is 9.35. The van der Waals surface area contributed by atoms with Gasteiger partial charge < -0.3 is 19.0 Å². The van der Waals surface area contributed by atoms with E-state index in [1.807, 2.05) is 6.92 Å². The standard InChI is InChI=1S/C14H30BNO4Si/c1-13(2,3)21(7,8)20-11-9-14(4,12(17)19-6)16(10-11)15(5)18/h11,18H,9-10H2,1-8H3/t11-,14?/m1/s1. The van der Waals surface area contributed by atoms with Gasteiger partial charge in [0.15, 0.2) is 8.32 Å². The van der Waals surface area contributed by atoms with Crippen LogP contribution in [-0.2, 0) is 14.0 Å². The molecular weight excluding hydrogens is 285 g/mol. The van der Waals surface area contributed by atoms with E-state index in [-0.39, 0.29) is 17.1 Å². The zero-order chi connectivity index (χ0) is 16.6. The largest absolute Gasteiger partial charge is 0.468 e. The molecule has 0 aliphatic carbocycles. The lowest BCUT2D eigenvalue weighted by Crippen LogP contribution is -2.54. The molecule has 0 bridgehead atoms. The van der Waals surface area contributed by atoms with Crippen LogP contribution in [0.25, 0.3) is 0 Å². The molecule has 1 rings (SSSR count). The number of hydrogen-bond acceptors (Lipinski definition) is 5. The number of methoxy groups -OCH3 is 1. The highest BCUT2D eigenvalue weighted by atomic mass is 28.4. The average molecular weight is 315 g/mol. The van der Waals surface area contributed by atoms with E-state index in [0.29, 0.717) is 13.0 Å². The van der Waals surface area contributed by atoms with Gasteiger partial charge in [0.25, 0.3) is 0 Å². The van der Waals surface area contributed by atoms with Gasteiger partial charge in [0, 0.05) is 13.0 Å². The molecule has 1 saturated heterocycles. The number of carbonyl (C=O) groups excluding carboxylic acids is 1. The van der Waals surface area contributed by atoms with Crippen LogP contribution in [-0.4, -0.2) is 56.5 Å². The van der Waals surface area contributed by atoms with Crippen molar-refractivity contribution in [2.45, 2.75) is 70.7 Å². The van der Waals surface area contributed by atoms with Gasteiger partial charge in [-0.2, -0.15) is 0 Å². The zero-order valence-electron chi connectivity index (χ0n) is 14.7. The summed E-state index contributed by atoms with van der Waals surface area (Å²) in [5, 5.41) is 10.1. The molecule has 0 aromatic rings. The Morgan fingerprint density at radius 1 is 1.43 bits per heavy atom. The van der Waals surface area contributed by atoms with Gasteiger partial charge in [0.2, 0.25) is 0 Å². The molecule has 0 aromatic carbocycles. The highest BCUT2D eigenvalue weighted by molar-refractivity contribution is 6.74. The molecule has 1 N–H and O–H groups in total. The summed E-state index contributed by atoms with van der Waals surface area (Å²) >= 11 is 0. The van der Waals surface area contributed by atoms with Crippen LogP contribution in [0.15, 0.2) is 0 Å². The third-order valence-electron chi connectivity index (χ3n) is 5.00. The van der Waals surface area contributed by atoms with Crippen LogP contribution in [0.1, 0.15) is 34.1 Å². The summed E-state index contributed by atoms with van der Waals surface area (Å²) in [7, 11) is -1.22. The average Bonchev–Trinajstić information content (AvgIpc) is 2.64. The van der Waals surface area contributed by atoms with Gasteiger partial charge in [-0.3, -0.25) is 4.79 Å². The van der Waals surface area contributed by atoms with Crippen LogP contribution in [0.3, 0.4) is 0 Å². The van der Waals surface area contributed by atoms with Crippen molar-refractivity contribution in [3.05, 3.63) is 0 Å². The Hall–Kier alpha value is -0.368. The van der Waals surface area contributed by atoms with Crippen LogP contribution in [0.4, 0.5) is 0 Å². The maximum Gasteiger partial charge on any atom is 0.377 e. The fourth-order valence-corrected chi connectivity index (χ4v) is 4.05. The Labute approximate surface area is 130 Å². The molecule has 0 saturated carbocycles. The Bertz CT molecular complexity index is 397. The highest BCUT2D eigenvalue weighted by Gasteiger charge is 2.53. The van der Waals surface area contributed by atoms with Crippen LogP contribution < -0.4 is 0 Å². The number of rotatable bonds is 4. The van der Waals surface area contributed by atoms with Crippen molar-refractivity contribution in [2.24, 2.45) is 0 Å². The minimum absolute atomic E-state index is 0.0513. The van der Waals surface area contributed by atoms with E-state index in [0.717, 1.165) is 0 Å². The van der Waals surface area contributed by atoms with E-state index in [4.69, 9.17) is 9.16 Å². The first-order valence-corrected chi connectivity index (χ1v) is 10.5.